The van der Waals surface area contributed by atoms with Gasteiger partial charge in [0.15, 0.2) is 0 Å². The van der Waals surface area contributed by atoms with Gasteiger partial charge in [-0.1, -0.05) is 0 Å². The smallest absolute Gasteiger partial charge is 0.124 e. The fourth-order valence-corrected chi connectivity index (χ4v) is 1.39. The maximum Gasteiger partial charge on any atom is 0.124 e. The minimum Gasteiger partial charge on any atom is -0.369 e. The molecule has 2 heterocycles. The third-order valence-corrected chi connectivity index (χ3v) is 2.23. The normalized spacial score (nSPS) is 17.0. The first kappa shape index (κ1) is 8.52. The van der Waals surface area contributed by atoms with Gasteiger partial charge in [-0.3, -0.25) is 0 Å². The van der Waals surface area contributed by atoms with Crippen molar-refractivity contribution in [3.05, 3.63) is 12.3 Å². The number of nitrogens with two attached hydrogens (primary N) is 1. The van der Waals surface area contributed by atoms with Crippen LogP contribution < -0.4 is 16.4 Å². The average Bonchev–Trinajstić information content (AvgIpc) is 2.46. The minimum atomic E-state index is 0.510. The lowest BCUT2D eigenvalue weighted by Gasteiger charge is -2.28. The Morgan fingerprint density at radius 2 is 2.54 bits per heavy atom. The maximum absolute atomic E-state index is 5.41. The van der Waals surface area contributed by atoms with E-state index in [9.17, 15) is 0 Å². The van der Waals surface area contributed by atoms with E-state index in [1.54, 1.807) is 0 Å². The van der Waals surface area contributed by atoms with Crippen LogP contribution in [0.5, 0.6) is 0 Å². The van der Waals surface area contributed by atoms with E-state index in [2.05, 4.69) is 15.7 Å². The van der Waals surface area contributed by atoms with Gasteiger partial charge in [-0.2, -0.15) is 5.10 Å². The van der Waals surface area contributed by atoms with E-state index in [1.165, 1.54) is 0 Å². The first-order chi connectivity index (χ1) is 6.42. The van der Waals surface area contributed by atoms with Crippen LogP contribution in [0, 0.1) is 0 Å². The lowest BCUT2D eigenvalue weighted by atomic mass is 10.2. The van der Waals surface area contributed by atoms with Crippen LogP contribution in [-0.2, 0) is 0 Å². The summed E-state index contributed by atoms with van der Waals surface area (Å²) < 4.78 is 2.02. The highest BCUT2D eigenvalue weighted by Gasteiger charge is 2.21. The summed E-state index contributed by atoms with van der Waals surface area (Å²) in [5, 5.41) is 10.7. The molecule has 0 unspecified atom stereocenters. The molecule has 72 valence electrons. The number of nitrogens with one attached hydrogen (secondary N) is 2. The summed E-state index contributed by atoms with van der Waals surface area (Å²) in [6.45, 7) is 3.47. The van der Waals surface area contributed by atoms with Crippen LogP contribution in [-0.4, -0.2) is 36.0 Å². The Morgan fingerprint density at radius 3 is 3.15 bits per heavy atom. The predicted octanol–water partition coefficient (Wildman–Crippen LogP) is -0.602. The fraction of sp³-hybridized carbons (Fsp3) is 0.625. The largest absolute Gasteiger partial charge is 0.369 e. The van der Waals surface area contributed by atoms with Gasteiger partial charge < -0.3 is 16.4 Å². The van der Waals surface area contributed by atoms with E-state index in [-0.39, 0.29) is 0 Å². The molecule has 0 radical (unpaired) electrons. The predicted molar refractivity (Wildman–Crippen MR) is 51.7 cm³/mol. The van der Waals surface area contributed by atoms with E-state index in [1.807, 2.05) is 16.9 Å². The van der Waals surface area contributed by atoms with E-state index < -0.39 is 0 Å². The van der Waals surface area contributed by atoms with Crippen LogP contribution >= 0.6 is 0 Å². The van der Waals surface area contributed by atoms with Crippen molar-refractivity contribution in [2.45, 2.75) is 6.04 Å². The Balaban J connectivity index is 2.02. The first-order valence-corrected chi connectivity index (χ1v) is 4.60. The molecule has 5 nitrogen and oxygen atoms in total. The number of hydrogen-bond donors (Lipinski definition) is 3. The molecular formula is C8H15N5. The summed E-state index contributed by atoms with van der Waals surface area (Å²) >= 11 is 0. The molecule has 0 aliphatic carbocycles. The minimum absolute atomic E-state index is 0.510. The molecule has 4 N–H and O–H groups in total. The van der Waals surface area contributed by atoms with Gasteiger partial charge in [-0.15, -0.1) is 0 Å². The molecule has 0 amide bonds. The summed E-state index contributed by atoms with van der Waals surface area (Å²) in [6, 6.07) is 2.49. The van der Waals surface area contributed by atoms with Crippen LogP contribution in [0.1, 0.15) is 6.04 Å². The molecule has 5 heteroatoms. The van der Waals surface area contributed by atoms with Gasteiger partial charge in [0.25, 0.3) is 0 Å². The fourth-order valence-electron chi connectivity index (χ4n) is 1.39. The summed E-state index contributed by atoms with van der Waals surface area (Å²) in [5.41, 5.74) is 5.41. The second-order valence-electron chi connectivity index (χ2n) is 3.19. The average molecular weight is 181 g/mol. The van der Waals surface area contributed by atoms with Crippen molar-refractivity contribution in [1.82, 2.24) is 15.1 Å². The van der Waals surface area contributed by atoms with Crippen molar-refractivity contribution in [2.75, 3.05) is 31.5 Å². The van der Waals surface area contributed by atoms with Crippen molar-refractivity contribution in [2.24, 2.45) is 5.73 Å². The second-order valence-corrected chi connectivity index (χ2v) is 3.19. The van der Waals surface area contributed by atoms with Crippen molar-refractivity contribution in [1.29, 1.82) is 0 Å². The van der Waals surface area contributed by atoms with Crippen LogP contribution in [0.3, 0.4) is 0 Å². The molecule has 2 rings (SSSR count). The number of aromatic nitrogens is 2. The quantitative estimate of drug-likeness (QED) is 0.580. The van der Waals surface area contributed by atoms with Crippen LogP contribution in [0.4, 0.5) is 5.82 Å². The molecule has 0 atom stereocenters. The van der Waals surface area contributed by atoms with Gasteiger partial charge in [0, 0.05) is 32.2 Å². The van der Waals surface area contributed by atoms with Gasteiger partial charge in [0.1, 0.15) is 5.82 Å². The van der Waals surface area contributed by atoms with E-state index >= 15 is 0 Å². The Bertz CT molecular complexity index is 265. The highest BCUT2D eigenvalue weighted by molar-refractivity contribution is 5.34. The summed E-state index contributed by atoms with van der Waals surface area (Å²) in [6.07, 6.45) is 1.82. The van der Waals surface area contributed by atoms with Crippen molar-refractivity contribution in [3.63, 3.8) is 0 Å². The molecular weight excluding hydrogens is 166 g/mol. The molecule has 1 aromatic rings. The van der Waals surface area contributed by atoms with Gasteiger partial charge in [0.05, 0.1) is 12.2 Å². The van der Waals surface area contributed by atoms with Gasteiger partial charge in [-0.25, -0.2) is 4.68 Å². The molecule has 0 aromatic carbocycles. The zero-order valence-corrected chi connectivity index (χ0v) is 7.53. The zero-order valence-electron chi connectivity index (χ0n) is 7.53. The summed E-state index contributed by atoms with van der Waals surface area (Å²) in [5.74, 6) is 1.07. The molecule has 1 aliphatic rings. The molecule has 0 bridgehead atoms. The van der Waals surface area contributed by atoms with Crippen molar-refractivity contribution in [3.8, 4) is 0 Å². The SMILES string of the molecule is NCCNc1ccnn1C1CNC1. The Labute approximate surface area is 77.3 Å². The highest BCUT2D eigenvalue weighted by Crippen LogP contribution is 2.16. The zero-order chi connectivity index (χ0) is 9.10. The Hall–Kier alpha value is -1.07. The maximum atomic E-state index is 5.41. The molecule has 13 heavy (non-hydrogen) atoms. The van der Waals surface area contributed by atoms with Gasteiger partial charge in [-0.05, 0) is 0 Å². The van der Waals surface area contributed by atoms with Crippen molar-refractivity contribution < 1.29 is 0 Å². The number of nitrogens with zero attached hydrogens (tertiary/aromatic N) is 2. The number of anilines is 1. The first-order valence-electron chi connectivity index (χ1n) is 4.60. The third kappa shape index (κ3) is 1.66. The number of rotatable bonds is 4. The standard InChI is InChI=1S/C8H15N5/c9-2-4-11-8-1-3-12-13(8)7-5-10-6-7/h1,3,7,10-11H,2,4-6,9H2. The lowest BCUT2D eigenvalue weighted by Crippen LogP contribution is -2.44. The topological polar surface area (TPSA) is 67.9 Å². The Morgan fingerprint density at radius 1 is 1.69 bits per heavy atom. The van der Waals surface area contributed by atoms with Gasteiger partial charge >= 0.3 is 0 Å². The molecule has 1 aliphatic heterocycles. The molecule has 1 fully saturated rings. The molecule has 1 aromatic heterocycles. The highest BCUT2D eigenvalue weighted by atomic mass is 15.4. The summed E-state index contributed by atoms with van der Waals surface area (Å²) in [7, 11) is 0. The second kappa shape index (κ2) is 3.76. The Kier molecular flexibility index (Phi) is 2.47. The molecule has 0 saturated carbocycles. The monoisotopic (exact) mass is 181 g/mol. The number of hydrogen-bond acceptors (Lipinski definition) is 4. The van der Waals surface area contributed by atoms with E-state index in [0.29, 0.717) is 12.6 Å². The lowest BCUT2D eigenvalue weighted by molar-refractivity contribution is 0.321. The van der Waals surface area contributed by atoms with Crippen LogP contribution in [0.15, 0.2) is 12.3 Å². The molecule has 0 spiro atoms. The van der Waals surface area contributed by atoms with E-state index in [0.717, 1.165) is 25.5 Å². The van der Waals surface area contributed by atoms with Gasteiger partial charge in [0.2, 0.25) is 0 Å². The van der Waals surface area contributed by atoms with Crippen LogP contribution in [0.2, 0.25) is 0 Å². The van der Waals surface area contributed by atoms with Crippen LogP contribution in [0.25, 0.3) is 0 Å². The third-order valence-electron chi connectivity index (χ3n) is 2.23. The van der Waals surface area contributed by atoms with E-state index in [4.69, 9.17) is 5.73 Å². The van der Waals surface area contributed by atoms with Crippen molar-refractivity contribution >= 4 is 5.82 Å². The molecule has 1 saturated heterocycles. The summed E-state index contributed by atoms with van der Waals surface area (Å²) in [4.78, 5) is 0.